The van der Waals surface area contributed by atoms with E-state index in [2.05, 4.69) is 17.0 Å². The van der Waals surface area contributed by atoms with Crippen LogP contribution in [0.15, 0.2) is 17.0 Å². The van der Waals surface area contributed by atoms with Crippen molar-refractivity contribution in [1.82, 2.24) is 4.72 Å². The van der Waals surface area contributed by atoms with Crippen molar-refractivity contribution in [3.8, 4) is 0 Å². The second-order valence-electron chi connectivity index (χ2n) is 5.60. The van der Waals surface area contributed by atoms with E-state index in [4.69, 9.17) is 0 Å². The summed E-state index contributed by atoms with van der Waals surface area (Å²) in [5, 5.41) is 3.22. The minimum Gasteiger partial charge on any atom is -0.385 e. The van der Waals surface area contributed by atoms with E-state index in [0.717, 1.165) is 36.2 Å². The molecule has 0 aromatic heterocycles. The molecule has 5 heteroatoms. The van der Waals surface area contributed by atoms with Gasteiger partial charge in [0.05, 0.1) is 4.90 Å². The number of sulfonamides is 1. The second kappa shape index (κ2) is 5.74. The molecule has 20 heavy (non-hydrogen) atoms. The van der Waals surface area contributed by atoms with Crippen molar-refractivity contribution < 1.29 is 8.42 Å². The molecule has 0 radical (unpaired) electrons. The summed E-state index contributed by atoms with van der Waals surface area (Å²) < 4.78 is 27.9. The molecule has 0 bridgehead atoms. The van der Waals surface area contributed by atoms with Gasteiger partial charge in [-0.15, -0.1) is 0 Å². The van der Waals surface area contributed by atoms with Gasteiger partial charge in [-0.3, -0.25) is 0 Å². The number of hydrogen-bond acceptors (Lipinski definition) is 3. The van der Waals surface area contributed by atoms with Crippen molar-refractivity contribution >= 4 is 15.7 Å². The zero-order valence-corrected chi connectivity index (χ0v) is 13.5. The normalized spacial score (nSPS) is 21.8. The number of rotatable bonds is 6. The van der Waals surface area contributed by atoms with E-state index in [1.807, 2.05) is 32.9 Å². The molecule has 1 aromatic rings. The highest BCUT2D eigenvalue weighted by molar-refractivity contribution is 7.89. The average molecular weight is 296 g/mol. The van der Waals surface area contributed by atoms with Crippen LogP contribution in [-0.4, -0.2) is 21.0 Å². The third kappa shape index (κ3) is 3.15. The molecule has 1 aliphatic rings. The molecule has 1 saturated carbocycles. The molecule has 2 atom stereocenters. The molecule has 0 saturated heterocycles. The summed E-state index contributed by atoms with van der Waals surface area (Å²) in [5.41, 5.74) is 2.56. The average Bonchev–Trinajstić information content (AvgIpc) is 3.05. The van der Waals surface area contributed by atoms with E-state index in [-0.39, 0.29) is 6.04 Å². The Morgan fingerprint density at radius 1 is 1.20 bits per heavy atom. The SMILES string of the molecule is CCNc1cc(C)c(S(=O)(=O)NC2CC2CC)c(C)c1. The Bertz CT molecular complexity index is 573. The Labute approximate surface area is 122 Å². The molecule has 2 rings (SSSR count). The molecule has 112 valence electrons. The Morgan fingerprint density at radius 2 is 1.80 bits per heavy atom. The fraction of sp³-hybridized carbons (Fsp3) is 0.600. The van der Waals surface area contributed by atoms with Crippen molar-refractivity contribution in [2.75, 3.05) is 11.9 Å². The number of aryl methyl sites for hydroxylation is 2. The minimum absolute atomic E-state index is 0.122. The molecular weight excluding hydrogens is 272 g/mol. The highest BCUT2D eigenvalue weighted by atomic mass is 32.2. The van der Waals surface area contributed by atoms with Crippen LogP contribution < -0.4 is 10.0 Å². The van der Waals surface area contributed by atoms with Gasteiger partial charge in [0.2, 0.25) is 10.0 Å². The fourth-order valence-corrected chi connectivity index (χ4v) is 4.55. The molecule has 1 fully saturated rings. The van der Waals surface area contributed by atoms with Crippen LogP contribution in [0.2, 0.25) is 0 Å². The lowest BCUT2D eigenvalue weighted by Crippen LogP contribution is -2.28. The van der Waals surface area contributed by atoms with Gasteiger partial charge in [0.15, 0.2) is 0 Å². The summed E-state index contributed by atoms with van der Waals surface area (Å²) in [4.78, 5) is 0.431. The smallest absolute Gasteiger partial charge is 0.241 e. The topological polar surface area (TPSA) is 58.2 Å². The highest BCUT2D eigenvalue weighted by Gasteiger charge is 2.39. The van der Waals surface area contributed by atoms with E-state index >= 15 is 0 Å². The summed E-state index contributed by atoms with van der Waals surface area (Å²) >= 11 is 0. The number of benzene rings is 1. The van der Waals surface area contributed by atoms with Crippen LogP contribution in [0.5, 0.6) is 0 Å². The van der Waals surface area contributed by atoms with Gasteiger partial charge in [-0.25, -0.2) is 13.1 Å². The maximum Gasteiger partial charge on any atom is 0.241 e. The van der Waals surface area contributed by atoms with E-state index in [1.165, 1.54) is 0 Å². The molecule has 0 heterocycles. The predicted molar refractivity (Wildman–Crippen MR) is 82.6 cm³/mol. The van der Waals surface area contributed by atoms with Gasteiger partial charge in [-0.1, -0.05) is 13.3 Å². The lowest BCUT2D eigenvalue weighted by atomic mass is 10.1. The molecule has 4 nitrogen and oxygen atoms in total. The monoisotopic (exact) mass is 296 g/mol. The molecule has 2 unspecified atom stereocenters. The van der Waals surface area contributed by atoms with Gasteiger partial charge in [0, 0.05) is 18.3 Å². The third-order valence-electron chi connectivity index (χ3n) is 3.86. The molecule has 0 aliphatic heterocycles. The predicted octanol–water partition coefficient (Wildman–Crippen LogP) is 2.81. The minimum atomic E-state index is -3.41. The zero-order chi connectivity index (χ0) is 14.9. The lowest BCUT2D eigenvalue weighted by molar-refractivity contribution is 0.574. The molecule has 0 spiro atoms. The van der Waals surface area contributed by atoms with Crippen LogP contribution in [0.1, 0.15) is 37.8 Å². The first-order valence-electron chi connectivity index (χ1n) is 7.26. The zero-order valence-electron chi connectivity index (χ0n) is 12.7. The van der Waals surface area contributed by atoms with Gasteiger partial charge in [-0.2, -0.15) is 0 Å². The highest BCUT2D eigenvalue weighted by Crippen LogP contribution is 2.35. The first kappa shape index (κ1) is 15.3. The van der Waals surface area contributed by atoms with Crippen molar-refractivity contribution in [1.29, 1.82) is 0 Å². The van der Waals surface area contributed by atoms with E-state index in [1.54, 1.807) is 0 Å². The van der Waals surface area contributed by atoms with Crippen LogP contribution in [0.3, 0.4) is 0 Å². The molecule has 1 aliphatic carbocycles. The van der Waals surface area contributed by atoms with Crippen molar-refractivity contribution in [2.24, 2.45) is 5.92 Å². The standard InChI is InChI=1S/C15H24N2O2S/c1-5-12-9-14(12)17-20(18,19)15-10(3)7-13(16-6-2)8-11(15)4/h7-8,12,14,16-17H,5-6,9H2,1-4H3. The summed E-state index contributed by atoms with van der Waals surface area (Å²) in [6, 6.07) is 3.92. The van der Waals surface area contributed by atoms with Crippen LogP contribution in [-0.2, 0) is 10.0 Å². The van der Waals surface area contributed by atoms with Gasteiger partial charge < -0.3 is 5.32 Å². The fourth-order valence-electron chi connectivity index (χ4n) is 2.78. The van der Waals surface area contributed by atoms with Crippen LogP contribution in [0.4, 0.5) is 5.69 Å². The molecule has 2 N–H and O–H groups in total. The first-order chi connectivity index (χ1) is 9.39. The summed E-state index contributed by atoms with van der Waals surface area (Å²) in [6.07, 6.45) is 1.99. The second-order valence-corrected chi connectivity index (χ2v) is 7.25. The Balaban J connectivity index is 2.27. The number of nitrogens with one attached hydrogen (secondary N) is 2. The van der Waals surface area contributed by atoms with Crippen LogP contribution >= 0.6 is 0 Å². The van der Waals surface area contributed by atoms with E-state index in [9.17, 15) is 8.42 Å². The quantitative estimate of drug-likeness (QED) is 0.848. The Hall–Kier alpha value is -1.07. The maximum absolute atomic E-state index is 12.5. The van der Waals surface area contributed by atoms with E-state index in [0.29, 0.717) is 10.8 Å². The van der Waals surface area contributed by atoms with Gasteiger partial charge in [-0.05, 0) is 56.4 Å². The van der Waals surface area contributed by atoms with Crippen molar-refractivity contribution in [3.05, 3.63) is 23.3 Å². The van der Waals surface area contributed by atoms with Gasteiger partial charge in [0.1, 0.15) is 0 Å². The van der Waals surface area contributed by atoms with Gasteiger partial charge in [0.25, 0.3) is 0 Å². The summed E-state index contributed by atoms with van der Waals surface area (Å²) in [7, 11) is -3.41. The first-order valence-corrected chi connectivity index (χ1v) is 8.74. The maximum atomic E-state index is 12.5. The summed E-state index contributed by atoms with van der Waals surface area (Å²) in [6.45, 7) is 8.65. The van der Waals surface area contributed by atoms with Crippen LogP contribution in [0, 0.1) is 19.8 Å². The summed E-state index contributed by atoms with van der Waals surface area (Å²) in [5.74, 6) is 0.506. The number of anilines is 1. The molecule has 0 amide bonds. The number of hydrogen-bond donors (Lipinski definition) is 2. The molecular formula is C15H24N2O2S. The van der Waals surface area contributed by atoms with Crippen molar-refractivity contribution in [3.63, 3.8) is 0 Å². The lowest BCUT2D eigenvalue weighted by Gasteiger charge is -2.14. The van der Waals surface area contributed by atoms with E-state index < -0.39 is 10.0 Å². The van der Waals surface area contributed by atoms with Gasteiger partial charge >= 0.3 is 0 Å². The Morgan fingerprint density at radius 3 is 2.25 bits per heavy atom. The largest absolute Gasteiger partial charge is 0.385 e. The van der Waals surface area contributed by atoms with Crippen molar-refractivity contribution in [2.45, 2.75) is 51.5 Å². The molecule has 1 aromatic carbocycles. The third-order valence-corrected chi connectivity index (χ3v) is 5.66. The van der Waals surface area contributed by atoms with Crippen LogP contribution in [0.25, 0.3) is 0 Å². The Kier molecular flexibility index (Phi) is 4.39.